The van der Waals surface area contributed by atoms with Gasteiger partial charge in [-0.05, 0) is 51.0 Å². The molecule has 0 radical (unpaired) electrons. The van der Waals surface area contributed by atoms with Crippen molar-refractivity contribution >= 4 is 17.7 Å². The summed E-state index contributed by atoms with van der Waals surface area (Å²) in [7, 11) is 0. The van der Waals surface area contributed by atoms with E-state index in [9.17, 15) is 14.4 Å². The van der Waals surface area contributed by atoms with Crippen LogP contribution in [-0.4, -0.2) is 66.8 Å². The predicted molar refractivity (Wildman–Crippen MR) is 104 cm³/mol. The number of carbonyl (C=O) groups excluding carboxylic acids is 3. The zero-order valence-electron chi connectivity index (χ0n) is 16.2. The number of likely N-dealkylation sites (tertiary alicyclic amines) is 1. The molecule has 2 rings (SSSR count). The molecule has 7 nitrogen and oxygen atoms in total. The molecule has 0 aromatic heterocycles. The minimum Gasteiger partial charge on any atom is -0.355 e. The Morgan fingerprint density at radius 1 is 1.15 bits per heavy atom. The quantitative estimate of drug-likeness (QED) is 0.747. The molecule has 1 saturated heterocycles. The lowest BCUT2D eigenvalue weighted by atomic mass is 9.96. The van der Waals surface area contributed by atoms with Gasteiger partial charge in [-0.15, -0.1) is 0 Å². The maximum Gasteiger partial charge on any atom is 0.253 e. The van der Waals surface area contributed by atoms with Crippen molar-refractivity contribution in [1.82, 2.24) is 15.1 Å². The van der Waals surface area contributed by atoms with Crippen LogP contribution in [0.15, 0.2) is 24.3 Å². The molecule has 0 bridgehead atoms. The zero-order valence-corrected chi connectivity index (χ0v) is 16.2. The fourth-order valence-electron chi connectivity index (χ4n) is 3.35. The van der Waals surface area contributed by atoms with Crippen molar-refractivity contribution in [3.05, 3.63) is 35.4 Å². The molecule has 0 saturated carbocycles. The topological polar surface area (TPSA) is 95.7 Å². The molecular formula is C20H30N4O3. The van der Waals surface area contributed by atoms with E-state index in [1.54, 1.807) is 34.1 Å². The fourth-order valence-corrected chi connectivity index (χ4v) is 3.35. The summed E-state index contributed by atoms with van der Waals surface area (Å²) < 4.78 is 0. The molecule has 0 spiro atoms. The largest absolute Gasteiger partial charge is 0.355 e. The van der Waals surface area contributed by atoms with Crippen molar-refractivity contribution in [1.29, 1.82) is 0 Å². The van der Waals surface area contributed by atoms with Crippen LogP contribution in [0.5, 0.6) is 0 Å². The second-order valence-electron chi connectivity index (χ2n) is 6.72. The minimum atomic E-state index is -0.197. The van der Waals surface area contributed by atoms with Gasteiger partial charge >= 0.3 is 0 Å². The van der Waals surface area contributed by atoms with Crippen LogP contribution in [0.2, 0.25) is 0 Å². The van der Waals surface area contributed by atoms with Gasteiger partial charge in [-0.25, -0.2) is 0 Å². The van der Waals surface area contributed by atoms with Gasteiger partial charge in [0.15, 0.2) is 0 Å². The summed E-state index contributed by atoms with van der Waals surface area (Å²) in [5, 5.41) is 2.80. The summed E-state index contributed by atoms with van der Waals surface area (Å²) in [4.78, 5) is 40.8. The highest BCUT2D eigenvalue weighted by molar-refractivity contribution is 5.98. The Balaban J connectivity index is 2.02. The van der Waals surface area contributed by atoms with Crippen molar-refractivity contribution < 1.29 is 14.4 Å². The summed E-state index contributed by atoms with van der Waals surface area (Å²) in [6.45, 7) is 7.08. The molecule has 1 fully saturated rings. The second kappa shape index (κ2) is 10.1. The summed E-state index contributed by atoms with van der Waals surface area (Å²) in [6, 6.07) is 6.78. The normalized spacial score (nSPS) is 16.7. The summed E-state index contributed by atoms with van der Waals surface area (Å²) in [5.74, 6) is -0.377. The number of benzene rings is 1. The highest BCUT2D eigenvalue weighted by Crippen LogP contribution is 2.19. The monoisotopic (exact) mass is 374 g/mol. The SMILES string of the molecule is CCN(CC)C(=O)c1ccc(C(=O)N2CCCC(C(=O)NCCN)C2)cc1. The summed E-state index contributed by atoms with van der Waals surface area (Å²) in [6.07, 6.45) is 1.57. The first-order chi connectivity index (χ1) is 13.0. The molecule has 1 aromatic carbocycles. The van der Waals surface area contributed by atoms with Crippen molar-refractivity contribution in [3.8, 4) is 0 Å². The van der Waals surface area contributed by atoms with Gasteiger partial charge in [-0.2, -0.15) is 0 Å². The zero-order chi connectivity index (χ0) is 19.8. The number of hydrogen-bond donors (Lipinski definition) is 2. The molecule has 1 atom stereocenters. The number of hydrogen-bond acceptors (Lipinski definition) is 4. The van der Waals surface area contributed by atoms with Gasteiger partial charge in [0, 0.05) is 50.4 Å². The highest BCUT2D eigenvalue weighted by atomic mass is 16.2. The number of amides is 3. The van der Waals surface area contributed by atoms with Crippen molar-refractivity contribution in [2.75, 3.05) is 39.3 Å². The molecule has 27 heavy (non-hydrogen) atoms. The number of rotatable bonds is 7. The first-order valence-electron chi connectivity index (χ1n) is 9.68. The second-order valence-corrected chi connectivity index (χ2v) is 6.72. The Bertz CT molecular complexity index is 656. The maximum atomic E-state index is 12.8. The number of nitrogens with one attached hydrogen (secondary N) is 1. The number of nitrogens with zero attached hydrogens (tertiary/aromatic N) is 2. The molecule has 1 heterocycles. The maximum absolute atomic E-state index is 12.8. The van der Waals surface area contributed by atoms with Crippen LogP contribution in [0, 0.1) is 5.92 Å². The first kappa shape index (κ1) is 20.9. The van der Waals surface area contributed by atoms with Crippen LogP contribution >= 0.6 is 0 Å². The van der Waals surface area contributed by atoms with Crippen molar-refractivity contribution in [2.24, 2.45) is 11.7 Å². The Morgan fingerprint density at radius 2 is 1.78 bits per heavy atom. The average molecular weight is 374 g/mol. The van der Waals surface area contributed by atoms with Gasteiger partial charge in [-0.1, -0.05) is 0 Å². The van der Waals surface area contributed by atoms with Gasteiger partial charge in [0.2, 0.25) is 5.91 Å². The van der Waals surface area contributed by atoms with E-state index in [4.69, 9.17) is 5.73 Å². The highest BCUT2D eigenvalue weighted by Gasteiger charge is 2.28. The van der Waals surface area contributed by atoms with E-state index in [0.29, 0.717) is 50.4 Å². The van der Waals surface area contributed by atoms with Gasteiger partial charge in [-0.3, -0.25) is 14.4 Å². The van der Waals surface area contributed by atoms with Crippen LogP contribution < -0.4 is 11.1 Å². The third-order valence-electron chi connectivity index (χ3n) is 4.95. The van der Waals surface area contributed by atoms with E-state index in [0.717, 1.165) is 12.8 Å². The van der Waals surface area contributed by atoms with Gasteiger partial charge in [0.25, 0.3) is 11.8 Å². The first-order valence-corrected chi connectivity index (χ1v) is 9.68. The molecule has 1 aromatic rings. The van der Waals surface area contributed by atoms with Crippen LogP contribution in [0.25, 0.3) is 0 Å². The summed E-state index contributed by atoms with van der Waals surface area (Å²) in [5.41, 5.74) is 6.53. The Labute approximate surface area is 160 Å². The molecular weight excluding hydrogens is 344 g/mol. The lowest BCUT2D eigenvalue weighted by Crippen LogP contribution is -2.46. The number of piperidine rings is 1. The Hall–Kier alpha value is -2.41. The van der Waals surface area contributed by atoms with Gasteiger partial charge < -0.3 is 20.9 Å². The van der Waals surface area contributed by atoms with Crippen LogP contribution in [0.4, 0.5) is 0 Å². The van der Waals surface area contributed by atoms with E-state index in [1.165, 1.54) is 0 Å². The van der Waals surface area contributed by atoms with Gasteiger partial charge in [0.05, 0.1) is 5.92 Å². The van der Waals surface area contributed by atoms with Crippen LogP contribution in [-0.2, 0) is 4.79 Å². The molecule has 148 valence electrons. The van der Waals surface area contributed by atoms with Crippen LogP contribution in [0.3, 0.4) is 0 Å². The summed E-state index contributed by atoms with van der Waals surface area (Å²) >= 11 is 0. The van der Waals surface area contributed by atoms with E-state index < -0.39 is 0 Å². The van der Waals surface area contributed by atoms with E-state index >= 15 is 0 Å². The Morgan fingerprint density at radius 3 is 2.37 bits per heavy atom. The van der Waals surface area contributed by atoms with Crippen molar-refractivity contribution in [3.63, 3.8) is 0 Å². The van der Waals surface area contributed by atoms with Gasteiger partial charge in [0.1, 0.15) is 0 Å². The molecule has 1 unspecified atom stereocenters. The standard InChI is InChI=1S/C20H30N4O3/c1-3-23(4-2)19(26)15-7-9-16(10-8-15)20(27)24-13-5-6-17(14-24)18(25)22-12-11-21/h7-10,17H,3-6,11-14,21H2,1-2H3,(H,22,25). The Kier molecular flexibility index (Phi) is 7.79. The third kappa shape index (κ3) is 5.29. The smallest absolute Gasteiger partial charge is 0.253 e. The predicted octanol–water partition coefficient (Wildman–Crippen LogP) is 1.10. The molecule has 1 aliphatic rings. The molecule has 3 N–H and O–H groups in total. The molecule has 0 aliphatic carbocycles. The molecule has 1 aliphatic heterocycles. The minimum absolute atomic E-state index is 0.0337. The number of carbonyl (C=O) groups is 3. The molecule has 7 heteroatoms. The fraction of sp³-hybridized carbons (Fsp3) is 0.550. The van der Waals surface area contributed by atoms with E-state index in [-0.39, 0.29) is 23.6 Å². The van der Waals surface area contributed by atoms with Crippen molar-refractivity contribution in [2.45, 2.75) is 26.7 Å². The van der Waals surface area contributed by atoms with E-state index in [2.05, 4.69) is 5.32 Å². The lowest BCUT2D eigenvalue weighted by molar-refractivity contribution is -0.126. The molecule has 3 amide bonds. The lowest BCUT2D eigenvalue weighted by Gasteiger charge is -2.32. The number of nitrogens with two attached hydrogens (primary N) is 1. The third-order valence-corrected chi connectivity index (χ3v) is 4.95. The van der Waals surface area contributed by atoms with E-state index in [1.807, 2.05) is 13.8 Å². The average Bonchev–Trinajstić information content (AvgIpc) is 2.72. The van der Waals surface area contributed by atoms with Crippen LogP contribution in [0.1, 0.15) is 47.4 Å².